The van der Waals surface area contributed by atoms with Crippen LogP contribution < -0.4 is 14.2 Å². The summed E-state index contributed by atoms with van der Waals surface area (Å²) in [5, 5.41) is 0. The quantitative estimate of drug-likeness (QED) is 0.749. The Kier molecular flexibility index (Phi) is 3.12. The molecule has 94 valence electrons. The Bertz CT molecular complexity index is 522. The first kappa shape index (κ1) is 12.0. The Morgan fingerprint density at radius 2 is 2.12 bits per heavy atom. The van der Waals surface area contributed by atoms with E-state index in [0.29, 0.717) is 22.8 Å². The molecular weight excluding hydrogens is 248 g/mol. The zero-order chi connectivity index (χ0) is 12.5. The van der Waals surface area contributed by atoms with Crippen molar-refractivity contribution in [3.63, 3.8) is 0 Å². The first-order chi connectivity index (χ1) is 7.99. The van der Waals surface area contributed by atoms with Crippen molar-refractivity contribution in [1.82, 2.24) is 0 Å². The van der Waals surface area contributed by atoms with Gasteiger partial charge in [-0.05, 0) is 17.7 Å². The molecule has 0 saturated carbocycles. The van der Waals surface area contributed by atoms with Crippen LogP contribution in [0.25, 0.3) is 0 Å². The number of benzene rings is 1. The van der Waals surface area contributed by atoms with Crippen LogP contribution in [0.1, 0.15) is 5.56 Å². The van der Waals surface area contributed by atoms with Gasteiger partial charge in [0.1, 0.15) is 0 Å². The summed E-state index contributed by atoms with van der Waals surface area (Å²) >= 11 is 0. The third-order valence-electron chi connectivity index (χ3n) is 2.16. The standard InChI is InChI=1S/C10H12O6S/c1-13-8-3-7(5-16-17(2,11)12)4-9-10(8)15-6-14-9/h3-4H,5-6H2,1-2H3. The molecule has 2 rings (SSSR count). The van der Waals surface area contributed by atoms with Crippen LogP contribution in [0.4, 0.5) is 0 Å². The molecular formula is C10H12O6S. The van der Waals surface area contributed by atoms with Crippen molar-refractivity contribution in [2.75, 3.05) is 20.2 Å². The maximum atomic E-state index is 10.9. The number of rotatable bonds is 4. The van der Waals surface area contributed by atoms with E-state index in [2.05, 4.69) is 0 Å². The first-order valence-electron chi connectivity index (χ1n) is 4.80. The van der Waals surface area contributed by atoms with Gasteiger partial charge in [0.05, 0.1) is 20.0 Å². The minimum Gasteiger partial charge on any atom is -0.493 e. The molecule has 1 aromatic carbocycles. The highest BCUT2D eigenvalue weighted by molar-refractivity contribution is 7.85. The van der Waals surface area contributed by atoms with Crippen LogP contribution >= 0.6 is 0 Å². The number of methoxy groups -OCH3 is 1. The largest absolute Gasteiger partial charge is 0.493 e. The third kappa shape index (κ3) is 2.80. The molecule has 1 aliphatic rings. The Hall–Kier alpha value is -1.47. The van der Waals surface area contributed by atoms with Crippen LogP contribution in [0.5, 0.6) is 17.2 Å². The molecule has 0 amide bonds. The van der Waals surface area contributed by atoms with Gasteiger partial charge in [0.25, 0.3) is 10.1 Å². The zero-order valence-corrected chi connectivity index (χ0v) is 10.2. The van der Waals surface area contributed by atoms with Gasteiger partial charge in [0.2, 0.25) is 12.5 Å². The summed E-state index contributed by atoms with van der Waals surface area (Å²) in [5.41, 5.74) is 0.636. The van der Waals surface area contributed by atoms with Crippen molar-refractivity contribution in [3.8, 4) is 17.2 Å². The fourth-order valence-electron chi connectivity index (χ4n) is 1.44. The van der Waals surface area contributed by atoms with Crippen LogP contribution in [0.15, 0.2) is 12.1 Å². The summed E-state index contributed by atoms with van der Waals surface area (Å²) in [7, 11) is -1.97. The first-order valence-corrected chi connectivity index (χ1v) is 6.62. The molecule has 0 aliphatic carbocycles. The van der Waals surface area contributed by atoms with Crippen molar-refractivity contribution in [1.29, 1.82) is 0 Å². The molecule has 0 saturated heterocycles. The van der Waals surface area contributed by atoms with E-state index in [4.69, 9.17) is 18.4 Å². The van der Waals surface area contributed by atoms with Crippen molar-refractivity contribution in [2.45, 2.75) is 6.61 Å². The molecule has 0 atom stereocenters. The lowest BCUT2D eigenvalue weighted by Gasteiger charge is -2.07. The minimum absolute atomic E-state index is 0.0637. The van der Waals surface area contributed by atoms with Gasteiger partial charge in [-0.15, -0.1) is 0 Å². The highest BCUT2D eigenvalue weighted by Crippen LogP contribution is 2.41. The second-order valence-corrected chi connectivity index (χ2v) is 5.14. The lowest BCUT2D eigenvalue weighted by Crippen LogP contribution is -2.02. The fourth-order valence-corrected chi connectivity index (χ4v) is 1.79. The lowest BCUT2D eigenvalue weighted by atomic mass is 10.2. The minimum atomic E-state index is -3.47. The Morgan fingerprint density at radius 1 is 1.35 bits per heavy atom. The number of hydrogen-bond donors (Lipinski definition) is 0. The van der Waals surface area contributed by atoms with Crippen LogP contribution in [-0.4, -0.2) is 28.6 Å². The Balaban J connectivity index is 2.24. The van der Waals surface area contributed by atoms with Gasteiger partial charge >= 0.3 is 0 Å². The molecule has 0 fully saturated rings. The molecule has 7 heteroatoms. The summed E-state index contributed by atoms with van der Waals surface area (Å²) < 4.78 is 42.0. The van der Waals surface area contributed by atoms with Crippen LogP contribution in [0, 0.1) is 0 Å². The van der Waals surface area contributed by atoms with Gasteiger partial charge < -0.3 is 14.2 Å². The number of fused-ring (bicyclic) bond motifs is 1. The molecule has 0 radical (unpaired) electrons. The van der Waals surface area contributed by atoms with Crippen LogP contribution in [0.2, 0.25) is 0 Å². The molecule has 0 unspecified atom stereocenters. The molecule has 6 nitrogen and oxygen atoms in total. The maximum Gasteiger partial charge on any atom is 0.264 e. The SMILES string of the molecule is COc1cc(COS(C)(=O)=O)cc2c1OCO2. The molecule has 0 spiro atoms. The molecule has 1 heterocycles. The summed E-state index contributed by atoms with van der Waals surface area (Å²) in [6.07, 6.45) is 0.997. The van der Waals surface area contributed by atoms with Crippen molar-refractivity contribution < 1.29 is 26.8 Å². The van der Waals surface area contributed by atoms with Gasteiger partial charge in [0.15, 0.2) is 11.5 Å². The monoisotopic (exact) mass is 260 g/mol. The highest BCUT2D eigenvalue weighted by atomic mass is 32.2. The van der Waals surface area contributed by atoms with Gasteiger partial charge in [0, 0.05) is 0 Å². The molecule has 17 heavy (non-hydrogen) atoms. The Morgan fingerprint density at radius 3 is 2.76 bits per heavy atom. The van der Waals surface area contributed by atoms with Crippen LogP contribution in [0.3, 0.4) is 0 Å². The topological polar surface area (TPSA) is 71.1 Å². The highest BCUT2D eigenvalue weighted by Gasteiger charge is 2.20. The predicted molar refractivity (Wildman–Crippen MR) is 58.7 cm³/mol. The predicted octanol–water partition coefficient (Wildman–Crippen LogP) is 0.900. The van der Waals surface area contributed by atoms with E-state index < -0.39 is 10.1 Å². The molecule has 0 aromatic heterocycles. The molecule has 1 aliphatic heterocycles. The normalized spacial score (nSPS) is 13.8. The van der Waals surface area contributed by atoms with E-state index in [1.165, 1.54) is 7.11 Å². The summed E-state index contributed by atoms with van der Waals surface area (Å²) in [4.78, 5) is 0. The second-order valence-electron chi connectivity index (χ2n) is 3.50. The van der Waals surface area contributed by atoms with E-state index >= 15 is 0 Å². The zero-order valence-electron chi connectivity index (χ0n) is 9.43. The van der Waals surface area contributed by atoms with Gasteiger partial charge in [-0.2, -0.15) is 8.42 Å². The summed E-state index contributed by atoms with van der Waals surface area (Å²) in [5.74, 6) is 1.54. The lowest BCUT2D eigenvalue weighted by molar-refractivity contribution is 0.171. The summed E-state index contributed by atoms with van der Waals surface area (Å²) in [6.45, 7) is 0.0634. The maximum absolute atomic E-state index is 10.9. The molecule has 1 aromatic rings. The van der Waals surface area contributed by atoms with Crippen molar-refractivity contribution in [2.24, 2.45) is 0 Å². The third-order valence-corrected chi connectivity index (χ3v) is 2.70. The van der Waals surface area contributed by atoms with Crippen molar-refractivity contribution in [3.05, 3.63) is 17.7 Å². The van der Waals surface area contributed by atoms with Crippen molar-refractivity contribution >= 4 is 10.1 Å². The average Bonchev–Trinajstić information content (AvgIpc) is 2.72. The molecule has 0 N–H and O–H groups in total. The van der Waals surface area contributed by atoms with E-state index in [-0.39, 0.29) is 13.4 Å². The van der Waals surface area contributed by atoms with Gasteiger partial charge in [-0.1, -0.05) is 0 Å². The Labute approximate surface area is 99.2 Å². The van der Waals surface area contributed by atoms with Gasteiger partial charge in [-0.25, -0.2) is 0 Å². The van der Waals surface area contributed by atoms with E-state index in [0.717, 1.165) is 6.26 Å². The van der Waals surface area contributed by atoms with E-state index in [9.17, 15) is 8.42 Å². The summed E-state index contributed by atoms with van der Waals surface area (Å²) in [6, 6.07) is 3.31. The number of hydrogen-bond acceptors (Lipinski definition) is 6. The van der Waals surface area contributed by atoms with E-state index in [1.54, 1.807) is 12.1 Å². The average molecular weight is 260 g/mol. The van der Waals surface area contributed by atoms with Crippen LogP contribution in [-0.2, 0) is 20.9 Å². The number of ether oxygens (including phenoxy) is 3. The second kappa shape index (κ2) is 4.42. The van der Waals surface area contributed by atoms with E-state index in [1.807, 2.05) is 0 Å². The smallest absolute Gasteiger partial charge is 0.264 e. The molecule has 0 bridgehead atoms. The fraction of sp³-hybridized carbons (Fsp3) is 0.400. The van der Waals surface area contributed by atoms with Gasteiger partial charge in [-0.3, -0.25) is 4.18 Å².